The molecule has 0 aliphatic rings. The lowest BCUT2D eigenvalue weighted by atomic mass is 10.2. The third kappa shape index (κ3) is 3.33. The number of hydrogen-bond donors (Lipinski definition) is 2. The summed E-state index contributed by atoms with van der Waals surface area (Å²) in [6.07, 6.45) is 3.27. The van der Waals surface area contributed by atoms with E-state index >= 15 is 0 Å². The lowest BCUT2D eigenvalue weighted by Crippen LogP contribution is -2.27. The normalized spacial score (nSPS) is 13.1. The fourth-order valence-electron chi connectivity index (χ4n) is 2.74. The largest absolute Gasteiger partial charge is 0.421 e. The molecule has 3 heterocycles. The van der Waals surface area contributed by atoms with E-state index in [0.29, 0.717) is 22.8 Å². The average molecular weight is 361 g/mol. The first-order valence-electron chi connectivity index (χ1n) is 7.71. The molecule has 8 nitrogen and oxygen atoms in total. The number of rotatable bonds is 5. The van der Waals surface area contributed by atoms with Gasteiger partial charge in [0.15, 0.2) is 0 Å². The van der Waals surface area contributed by atoms with Crippen LogP contribution >= 0.6 is 0 Å². The highest BCUT2D eigenvalue weighted by Crippen LogP contribution is 2.33. The molecule has 3 aromatic rings. The average Bonchev–Trinajstić information content (AvgIpc) is 3.10. The van der Waals surface area contributed by atoms with E-state index < -0.39 is 16.1 Å². The summed E-state index contributed by atoms with van der Waals surface area (Å²) < 4.78 is 34.1. The fourth-order valence-corrected chi connectivity index (χ4v) is 4.42. The van der Waals surface area contributed by atoms with Crippen molar-refractivity contribution in [2.24, 2.45) is 0 Å². The molecule has 3 aromatic heterocycles. The van der Waals surface area contributed by atoms with Crippen molar-refractivity contribution < 1.29 is 12.8 Å². The maximum Gasteiger partial charge on any atom is 0.250 e. The Labute approximate surface area is 145 Å². The fraction of sp³-hybridized carbons (Fsp3) is 0.312. The van der Waals surface area contributed by atoms with Crippen molar-refractivity contribution >= 4 is 10.0 Å². The summed E-state index contributed by atoms with van der Waals surface area (Å²) in [4.78, 5) is 7.18. The van der Waals surface area contributed by atoms with Crippen LogP contribution in [0.5, 0.6) is 0 Å². The van der Waals surface area contributed by atoms with Crippen LogP contribution in [0.2, 0.25) is 0 Å². The molecule has 0 aromatic carbocycles. The zero-order valence-corrected chi connectivity index (χ0v) is 15.2. The Morgan fingerprint density at radius 3 is 2.56 bits per heavy atom. The van der Waals surface area contributed by atoms with Crippen molar-refractivity contribution in [2.45, 2.75) is 38.6 Å². The third-order valence-corrected chi connectivity index (χ3v) is 5.55. The van der Waals surface area contributed by atoms with E-state index in [-0.39, 0.29) is 10.8 Å². The zero-order chi connectivity index (χ0) is 18.2. The predicted octanol–water partition coefficient (Wildman–Crippen LogP) is 2.42. The molecule has 3 rings (SSSR count). The van der Waals surface area contributed by atoms with Gasteiger partial charge in [-0.15, -0.1) is 10.2 Å². The molecular formula is C16H19N5O3S. The van der Waals surface area contributed by atoms with Crippen molar-refractivity contribution in [1.82, 2.24) is 24.9 Å². The van der Waals surface area contributed by atoms with Crippen molar-refractivity contribution in [1.29, 1.82) is 0 Å². The van der Waals surface area contributed by atoms with Gasteiger partial charge in [-0.3, -0.25) is 4.98 Å². The molecule has 0 radical (unpaired) electrons. The highest BCUT2D eigenvalue weighted by Gasteiger charge is 2.30. The van der Waals surface area contributed by atoms with Crippen LogP contribution in [0.15, 0.2) is 33.8 Å². The summed E-state index contributed by atoms with van der Waals surface area (Å²) in [5.41, 5.74) is 2.32. The Hall–Kier alpha value is -2.52. The second-order valence-corrected chi connectivity index (χ2v) is 7.49. The van der Waals surface area contributed by atoms with Gasteiger partial charge in [-0.05, 0) is 32.4 Å². The van der Waals surface area contributed by atoms with Crippen LogP contribution in [0.4, 0.5) is 0 Å². The lowest BCUT2D eigenvalue weighted by Gasteiger charge is -2.15. The maximum atomic E-state index is 13.0. The van der Waals surface area contributed by atoms with E-state index in [9.17, 15) is 8.42 Å². The van der Waals surface area contributed by atoms with Crippen molar-refractivity contribution in [3.8, 4) is 11.5 Å². The summed E-state index contributed by atoms with van der Waals surface area (Å²) in [6.45, 7) is 6.89. The van der Waals surface area contributed by atoms with Crippen LogP contribution in [0, 0.1) is 20.8 Å². The summed E-state index contributed by atoms with van der Waals surface area (Å²) in [5, 5.41) is 7.75. The van der Waals surface area contributed by atoms with Crippen LogP contribution in [0.3, 0.4) is 0 Å². The summed E-state index contributed by atoms with van der Waals surface area (Å²) >= 11 is 0. The number of nitrogens with one attached hydrogen (secondary N) is 2. The van der Waals surface area contributed by atoms with E-state index in [1.54, 1.807) is 46.2 Å². The minimum Gasteiger partial charge on any atom is -0.421 e. The molecule has 0 fully saturated rings. The second kappa shape index (κ2) is 6.41. The van der Waals surface area contributed by atoms with E-state index in [0.717, 1.165) is 5.56 Å². The first kappa shape index (κ1) is 17.3. The number of aromatic nitrogens is 4. The van der Waals surface area contributed by atoms with Crippen LogP contribution < -0.4 is 4.72 Å². The molecule has 132 valence electrons. The summed E-state index contributed by atoms with van der Waals surface area (Å²) in [5.74, 6) is 0.544. The Morgan fingerprint density at radius 2 is 1.96 bits per heavy atom. The first-order chi connectivity index (χ1) is 11.8. The molecule has 0 saturated carbocycles. The second-order valence-electron chi connectivity index (χ2n) is 5.83. The summed E-state index contributed by atoms with van der Waals surface area (Å²) in [7, 11) is -3.82. The summed E-state index contributed by atoms with van der Waals surface area (Å²) in [6, 6.07) is 3.14. The molecule has 2 N–H and O–H groups in total. The third-order valence-electron chi connectivity index (χ3n) is 3.84. The Kier molecular flexibility index (Phi) is 4.44. The van der Waals surface area contributed by atoms with Crippen LogP contribution in [0.1, 0.15) is 35.8 Å². The number of aromatic amines is 1. The Bertz CT molecular complexity index is 992. The number of hydrogen-bond acceptors (Lipinski definition) is 6. The zero-order valence-electron chi connectivity index (χ0n) is 14.4. The van der Waals surface area contributed by atoms with Crippen molar-refractivity contribution in [2.75, 3.05) is 0 Å². The standard InChI is InChI=1S/C16H19N5O3S/c1-9(13-6-5-7-17-8-13)21-25(22,23)15-11(3)18-10(2)14(15)16-20-19-12(4)24-16/h5-9,18,21H,1-4H3/t9-/m1/s1. The van der Waals surface area contributed by atoms with Crippen molar-refractivity contribution in [3.05, 3.63) is 47.4 Å². The quantitative estimate of drug-likeness (QED) is 0.721. The van der Waals surface area contributed by atoms with Crippen LogP contribution in [0.25, 0.3) is 11.5 Å². The van der Waals surface area contributed by atoms with Gasteiger partial charge in [0.1, 0.15) is 4.90 Å². The smallest absolute Gasteiger partial charge is 0.250 e. The van der Waals surface area contributed by atoms with Gasteiger partial charge < -0.3 is 9.40 Å². The Balaban J connectivity index is 2.03. The highest BCUT2D eigenvalue weighted by atomic mass is 32.2. The van der Waals surface area contributed by atoms with Gasteiger partial charge in [-0.25, -0.2) is 13.1 Å². The predicted molar refractivity (Wildman–Crippen MR) is 91.3 cm³/mol. The van der Waals surface area contributed by atoms with Gasteiger partial charge in [0.05, 0.1) is 5.56 Å². The van der Waals surface area contributed by atoms with Crippen LogP contribution in [-0.2, 0) is 10.0 Å². The van der Waals surface area contributed by atoms with E-state index in [1.807, 2.05) is 6.07 Å². The lowest BCUT2D eigenvalue weighted by molar-refractivity contribution is 0.530. The minimum atomic E-state index is -3.82. The van der Waals surface area contributed by atoms with E-state index in [1.165, 1.54) is 0 Å². The van der Waals surface area contributed by atoms with Gasteiger partial charge in [-0.1, -0.05) is 6.07 Å². The molecule has 9 heteroatoms. The van der Waals surface area contributed by atoms with E-state index in [4.69, 9.17) is 4.42 Å². The number of H-pyrrole nitrogens is 1. The molecular weight excluding hydrogens is 342 g/mol. The van der Waals surface area contributed by atoms with Gasteiger partial charge >= 0.3 is 0 Å². The molecule has 0 aliphatic carbocycles. The number of pyridine rings is 1. The molecule has 0 amide bonds. The van der Waals surface area contributed by atoms with Crippen LogP contribution in [-0.4, -0.2) is 28.6 Å². The van der Waals surface area contributed by atoms with Crippen molar-refractivity contribution in [3.63, 3.8) is 0 Å². The molecule has 1 atom stereocenters. The van der Waals surface area contributed by atoms with Gasteiger partial charge in [0.25, 0.3) is 5.89 Å². The SMILES string of the molecule is Cc1nnc(-c2c(C)[nH]c(C)c2S(=O)(=O)N[C@H](C)c2cccnc2)o1. The maximum absolute atomic E-state index is 13.0. The molecule has 0 spiro atoms. The molecule has 0 bridgehead atoms. The topological polar surface area (TPSA) is 114 Å². The van der Waals surface area contributed by atoms with Gasteiger partial charge in [0.2, 0.25) is 15.9 Å². The van der Waals surface area contributed by atoms with Gasteiger partial charge in [-0.2, -0.15) is 0 Å². The van der Waals surface area contributed by atoms with Gasteiger partial charge in [0, 0.05) is 36.7 Å². The molecule has 0 aliphatic heterocycles. The first-order valence-corrected chi connectivity index (χ1v) is 9.20. The molecule has 25 heavy (non-hydrogen) atoms. The minimum absolute atomic E-state index is 0.115. The Morgan fingerprint density at radius 1 is 1.20 bits per heavy atom. The number of aryl methyl sites for hydroxylation is 3. The molecule has 0 saturated heterocycles. The highest BCUT2D eigenvalue weighted by molar-refractivity contribution is 7.89. The number of sulfonamides is 1. The number of nitrogens with zero attached hydrogens (tertiary/aromatic N) is 3. The monoisotopic (exact) mass is 361 g/mol. The van der Waals surface area contributed by atoms with E-state index in [2.05, 4.69) is 24.9 Å². The molecule has 0 unspecified atom stereocenters.